The van der Waals surface area contributed by atoms with Crippen molar-refractivity contribution in [1.82, 2.24) is 20.4 Å². The molecule has 0 radical (unpaired) electrons. The largest absolute Gasteiger partial charge is 0.376 e. The summed E-state index contributed by atoms with van der Waals surface area (Å²) in [4.78, 5) is 2.37. The van der Waals surface area contributed by atoms with Crippen LogP contribution in [0.5, 0.6) is 0 Å². The molecular weight excluding hydrogens is 312 g/mol. The summed E-state index contributed by atoms with van der Waals surface area (Å²) in [6.45, 7) is 7.56. The van der Waals surface area contributed by atoms with E-state index in [1.807, 2.05) is 7.05 Å². The first kappa shape index (κ1) is 18.9. The van der Waals surface area contributed by atoms with Crippen LogP contribution in [-0.2, 0) is 11.3 Å². The molecule has 2 heterocycles. The summed E-state index contributed by atoms with van der Waals surface area (Å²) in [7, 11) is 4.20. The van der Waals surface area contributed by atoms with Crippen molar-refractivity contribution >= 4 is 0 Å². The Labute approximate surface area is 152 Å². The molecule has 2 fully saturated rings. The highest BCUT2D eigenvalue weighted by atomic mass is 16.5. The molecule has 3 rings (SSSR count). The Morgan fingerprint density at radius 2 is 1.96 bits per heavy atom. The molecule has 2 N–H and O–H groups in total. The first-order chi connectivity index (χ1) is 12.0. The quantitative estimate of drug-likeness (QED) is 0.828. The van der Waals surface area contributed by atoms with Gasteiger partial charge in [-0.05, 0) is 71.9 Å². The highest BCUT2D eigenvalue weighted by molar-refractivity contribution is 5.21. The van der Waals surface area contributed by atoms with Crippen molar-refractivity contribution in [2.75, 3.05) is 27.2 Å². The van der Waals surface area contributed by atoms with Crippen LogP contribution in [0.25, 0.3) is 0 Å². The van der Waals surface area contributed by atoms with Crippen LogP contribution in [0.2, 0.25) is 0 Å². The highest BCUT2D eigenvalue weighted by Gasteiger charge is 2.42. The monoisotopic (exact) mass is 348 g/mol. The minimum Gasteiger partial charge on any atom is -0.376 e. The van der Waals surface area contributed by atoms with Gasteiger partial charge in [-0.25, -0.2) is 0 Å². The van der Waals surface area contributed by atoms with Crippen LogP contribution in [-0.4, -0.2) is 54.5 Å². The van der Waals surface area contributed by atoms with E-state index in [2.05, 4.69) is 47.5 Å². The minimum atomic E-state index is 0.419. The third kappa shape index (κ3) is 4.63. The molecule has 2 aliphatic rings. The average Bonchev–Trinajstić information content (AvgIpc) is 3.00. The second-order valence-corrected chi connectivity index (χ2v) is 8.58. The second-order valence-electron chi connectivity index (χ2n) is 8.58. The smallest absolute Gasteiger partial charge is 0.0697 e. The van der Waals surface area contributed by atoms with Gasteiger partial charge in [0.15, 0.2) is 0 Å². The Balaban J connectivity index is 1.59. The van der Waals surface area contributed by atoms with Crippen molar-refractivity contribution in [2.45, 2.75) is 77.0 Å². The van der Waals surface area contributed by atoms with Crippen molar-refractivity contribution < 1.29 is 4.74 Å². The van der Waals surface area contributed by atoms with Gasteiger partial charge in [-0.3, -0.25) is 5.10 Å². The third-order valence-electron chi connectivity index (χ3n) is 6.28. The summed E-state index contributed by atoms with van der Waals surface area (Å²) >= 11 is 0. The second kappa shape index (κ2) is 8.19. The Morgan fingerprint density at radius 1 is 1.28 bits per heavy atom. The summed E-state index contributed by atoms with van der Waals surface area (Å²) in [5.74, 6) is 0.623. The zero-order valence-electron chi connectivity index (χ0n) is 16.5. The molecule has 1 saturated carbocycles. The van der Waals surface area contributed by atoms with Crippen LogP contribution in [0.4, 0.5) is 0 Å². The number of rotatable bonds is 6. The van der Waals surface area contributed by atoms with Crippen LogP contribution in [0.1, 0.15) is 69.5 Å². The molecule has 2 atom stereocenters. The summed E-state index contributed by atoms with van der Waals surface area (Å²) in [5.41, 5.74) is 3.22. The van der Waals surface area contributed by atoms with Gasteiger partial charge in [0.2, 0.25) is 0 Å². The predicted molar refractivity (Wildman–Crippen MR) is 102 cm³/mol. The van der Waals surface area contributed by atoms with Crippen LogP contribution >= 0.6 is 0 Å². The zero-order valence-corrected chi connectivity index (χ0v) is 16.5. The van der Waals surface area contributed by atoms with Gasteiger partial charge in [0.25, 0.3) is 0 Å². The highest BCUT2D eigenvalue weighted by Crippen LogP contribution is 2.51. The van der Waals surface area contributed by atoms with Crippen molar-refractivity contribution in [3.8, 4) is 0 Å². The topological polar surface area (TPSA) is 53.2 Å². The average molecular weight is 349 g/mol. The van der Waals surface area contributed by atoms with Crippen LogP contribution in [0.3, 0.4) is 0 Å². The number of aromatic amines is 1. The van der Waals surface area contributed by atoms with Gasteiger partial charge < -0.3 is 15.0 Å². The van der Waals surface area contributed by atoms with Crippen molar-refractivity contribution in [1.29, 1.82) is 0 Å². The molecule has 5 nitrogen and oxygen atoms in total. The number of aromatic nitrogens is 2. The summed E-state index contributed by atoms with van der Waals surface area (Å²) in [5, 5.41) is 11.0. The third-order valence-corrected chi connectivity index (χ3v) is 6.28. The molecule has 0 aromatic carbocycles. The van der Waals surface area contributed by atoms with Gasteiger partial charge in [-0.2, -0.15) is 5.10 Å². The zero-order chi connectivity index (χ0) is 17.9. The fourth-order valence-electron chi connectivity index (χ4n) is 5.19. The molecule has 1 aliphatic heterocycles. The SMILES string of the molecule is CNCCN(C)Cc1c[nH]nc1C1CCC2(CC1)CC(C)OC(C)C2. The molecule has 0 bridgehead atoms. The standard InChI is InChI=1S/C20H36N4O/c1-15-11-20(12-16(2)25-15)7-5-17(6-8-20)19-18(13-22-23-19)14-24(4)10-9-21-3/h13,15-17,21H,5-12,14H2,1-4H3,(H,22,23). The summed E-state index contributed by atoms with van der Waals surface area (Å²) < 4.78 is 5.98. The lowest BCUT2D eigenvalue weighted by Gasteiger charge is -2.47. The van der Waals surface area contributed by atoms with Crippen LogP contribution in [0.15, 0.2) is 6.20 Å². The van der Waals surface area contributed by atoms with E-state index < -0.39 is 0 Å². The minimum absolute atomic E-state index is 0.419. The van der Waals surface area contributed by atoms with E-state index in [9.17, 15) is 0 Å². The molecule has 5 heteroatoms. The number of nitrogens with one attached hydrogen (secondary N) is 2. The fraction of sp³-hybridized carbons (Fsp3) is 0.850. The van der Waals surface area contributed by atoms with Crippen LogP contribution < -0.4 is 5.32 Å². The molecule has 1 spiro atoms. The molecule has 2 unspecified atom stereocenters. The number of ether oxygens (including phenoxy) is 1. The Hall–Kier alpha value is -0.910. The number of hydrogen-bond donors (Lipinski definition) is 2. The molecule has 1 aromatic rings. The number of likely N-dealkylation sites (N-methyl/N-ethyl adjacent to an activating group) is 2. The van der Waals surface area contributed by atoms with Gasteiger partial charge in [0.05, 0.1) is 17.9 Å². The lowest BCUT2D eigenvalue weighted by molar-refractivity contribution is -0.0993. The van der Waals surface area contributed by atoms with E-state index in [-0.39, 0.29) is 0 Å². The molecular formula is C20H36N4O. The van der Waals surface area contributed by atoms with E-state index >= 15 is 0 Å². The first-order valence-corrected chi connectivity index (χ1v) is 10.0. The molecule has 1 saturated heterocycles. The van der Waals surface area contributed by atoms with Gasteiger partial charge in [-0.1, -0.05) is 0 Å². The van der Waals surface area contributed by atoms with Gasteiger partial charge in [0.1, 0.15) is 0 Å². The van der Waals surface area contributed by atoms with Gasteiger partial charge in [-0.15, -0.1) is 0 Å². The van der Waals surface area contributed by atoms with Crippen molar-refractivity contribution in [3.05, 3.63) is 17.5 Å². The number of nitrogens with zero attached hydrogens (tertiary/aromatic N) is 2. The molecule has 25 heavy (non-hydrogen) atoms. The lowest BCUT2D eigenvalue weighted by atomic mass is 9.63. The molecule has 0 amide bonds. The fourth-order valence-corrected chi connectivity index (χ4v) is 5.19. The van der Waals surface area contributed by atoms with Gasteiger partial charge in [0, 0.05) is 37.3 Å². The van der Waals surface area contributed by atoms with Crippen molar-refractivity contribution in [3.63, 3.8) is 0 Å². The molecule has 1 aromatic heterocycles. The van der Waals surface area contributed by atoms with Gasteiger partial charge >= 0.3 is 0 Å². The maximum absolute atomic E-state index is 5.98. The Morgan fingerprint density at radius 3 is 2.60 bits per heavy atom. The maximum atomic E-state index is 5.98. The summed E-state index contributed by atoms with van der Waals surface area (Å²) in [6.07, 6.45) is 10.6. The molecule has 1 aliphatic carbocycles. The van der Waals surface area contributed by atoms with Crippen molar-refractivity contribution in [2.24, 2.45) is 5.41 Å². The number of H-pyrrole nitrogens is 1. The van der Waals surface area contributed by atoms with E-state index in [0.29, 0.717) is 23.5 Å². The molecule has 142 valence electrons. The maximum Gasteiger partial charge on any atom is 0.0697 e. The first-order valence-electron chi connectivity index (χ1n) is 10.0. The lowest BCUT2D eigenvalue weighted by Crippen LogP contribution is -2.40. The van der Waals surface area contributed by atoms with Crippen LogP contribution in [0, 0.1) is 5.41 Å². The van der Waals surface area contributed by atoms with E-state index in [1.54, 1.807) is 0 Å². The van der Waals surface area contributed by atoms with E-state index in [0.717, 1.165) is 19.6 Å². The van der Waals surface area contributed by atoms with E-state index in [1.165, 1.54) is 49.8 Å². The normalized spacial score (nSPS) is 33.2. The Bertz CT molecular complexity index is 524. The number of hydrogen-bond acceptors (Lipinski definition) is 4. The van der Waals surface area contributed by atoms with E-state index in [4.69, 9.17) is 4.74 Å². The predicted octanol–water partition coefficient (Wildman–Crippen LogP) is 3.29. The summed E-state index contributed by atoms with van der Waals surface area (Å²) in [6, 6.07) is 0. The Kier molecular flexibility index (Phi) is 6.18.